The number of benzene rings is 2. The maximum absolute atomic E-state index is 13.1. The minimum Gasteiger partial charge on any atom is -0.462 e. The van der Waals surface area contributed by atoms with Crippen LogP contribution in [0.1, 0.15) is 28.6 Å². The number of hydrogen-bond acceptors (Lipinski definition) is 8. The van der Waals surface area contributed by atoms with Crippen LogP contribution < -0.4 is 5.32 Å². The summed E-state index contributed by atoms with van der Waals surface area (Å²) in [6.07, 6.45) is -0.315. The Balaban J connectivity index is 1.61. The monoisotopic (exact) mass is 532 g/mol. The summed E-state index contributed by atoms with van der Waals surface area (Å²) in [5.74, 6) is -2.03. The number of hydrogen-bond donors (Lipinski definition) is 1. The second-order valence-corrected chi connectivity index (χ2v) is 11.7. The largest absolute Gasteiger partial charge is 0.462 e. The Morgan fingerprint density at radius 1 is 1.09 bits per heavy atom. The summed E-state index contributed by atoms with van der Waals surface area (Å²) in [5, 5.41) is 3.79. The van der Waals surface area contributed by atoms with E-state index in [1.165, 1.54) is 23.5 Å². The molecule has 4 rings (SSSR count). The van der Waals surface area contributed by atoms with Crippen LogP contribution in [0.4, 0.5) is 9.39 Å². The van der Waals surface area contributed by atoms with Gasteiger partial charge in [0.1, 0.15) is 20.7 Å². The van der Waals surface area contributed by atoms with Crippen LogP contribution in [0, 0.1) is 12.7 Å². The molecular formula is C24H21FN2O5S3. The first-order valence-electron chi connectivity index (χ1n) is 10.6. The molecule has 0 fully saturated rings. The third-order valence-corrected chi connectivity index (χ3v) is 9.11. The van der Waals surface area contributed by atoms with Gasteiger partial charge >= 0.3 is 5.97 Å². The van der Waals surface area contributed by atoms with Crippen LogP contribution >= 0.6 is 22.7 Å². The zero-order valence-corrected chi connectivity index (χ0v) is 21.3. The van der Waals surface area contributed by atoms with Crippen molar-refractivity contribution in [3.63, 3.8) is 0 Å². The van der Waals surface area contributed by atoms with Gasteiger partial charge in [-0.25, -0.2) is 22.6 Å². The second kappa shape index (κ2) is 10.2. The van der Waals surface area contributed by atoms with E-state index in [0.717, 1.165) is 33.7 Å². The van der Waals surface area contributed by atoms with Crippen molar-refractivity contribution in [3.8, 4) is 10.6 Å². The molecule has 1 N–H and O–H groups in total. The van der Waals surface area contributed by atoms with Crippen molar-refractivity contribution in [2.45, 2.75) is 25.2 Å². The van der Waals surface area contributed by atoms with E-state index in [2.05, 4.69) is 10.3 Å². The number of sulfone groups is 1. The number of nitrogens with one attached hydrogen (secondary N) is 1. The molecule has 0 aliphatic carbocycles. The molecule has 7 nitrogen and oxygen atoms in total. The molecule has 182 valence electrons. The van der Waals surface area contributed by atoms with Crippen molar-refractivity contribution in [1.82, 2.24) is 4.98 Å². The first-order chi connectivity index (χ1) is 16.7. The zero-order valence-electron chi connectivity index (χ0n) is 18.8. The van der Waals surface area contributed by atoms with Gasteiger partial charge in [-0.1, -0.05) is 12.1 Å². The number of esters is 1. The average molecular weight is 533 g/mol. The van der Waals surface area contributed by atoms with Crippen LogP contribution in [0.5, 0.6) is 0 Å². The number of para-hydroxylation sites is 1. The van der Waals surface area contributed by atoms with Gasteiger partial charge in [0, 0.05) is 12.0 Å². The molecule has 4 aromatic rings. The molecule has 11 heteroatoms. The third-order valence-electron chi connectivity index (χ3n) is 5.14. The first-order valence-corrected chi connectivity index (χ1v) is 13.9. The predicted octanol–water partition coefficient (Wildman–Crippen LogP) is 5.45. The molecule has 0 unspecified atom stereocenters. The van der Waals surface area contributed by atoms with Crippen LogP contribution in [-0.4, -0.2) is 37.6 Å². The SMILES string of the molecule is CCOC(=O)c1sc(NC(=O)CCS(=O)(=O)c2ccc(F)cc2)c(-c2nc3ccccc3s2)c1C. The van der Waals surface area contributed by atoms with Crippen LogP contribution in [0.3, 0.4) is 0 Å². The minimum atomic E-state index is -3.78. The highest BCUT2D eigenvalue weighted by molar-refractivity contribution is 7.91. The van der Waals surface area contributed by atoms with Crippen molar-refractivity contribution in [1.29, 1.82) is 0 Å². The maximum Gasteiger partial charge on any atom is 0.348 e. The molecule has 1 amide bonds. The summed E-state index contributed by atoms with van der Waals surface area (Å²) < 4.78 is 44.3. The topological polar surface area (TPSA) is 102 Å². The van der Waals surface area contributed by atoms with Gasteiger partial charge < -0.3 is 10.1 Å². The van der Waals surface area contributed by atoms with Gasteiger partial charge in [-0.2, -0.15) is 0 Å². The molecule has 0 atom stereocenters. The van der Waals surface area contributed by atoms with Crippen LogP contribution in [0.2, 0.25) is 0 Å². The van der Waals surface area contributed by atoms with E-state index >= 15 is 0 Å². The minimum absolute atomic E-state index is 0.0570. The van der Waals surface area contributed by atoms with Gasteiger partial charge in [0.15, 0.2) is 9.84 Å². The number of thiophene rings is 1. The number of fused-ring (bicyclic) bond motifs is 1. The van der Waals surface area contributed by atoms with Crippen molar-refractivity contribution < 1.29 is 27.1 Å². The van der Waals surface area contributed by atoms with E-state index in [0.29, 0.717) is 26.0 Å². The Labute approximate surface area is 209 Å². The van der Waals surface area contributed by atoms with Gasteiger partial charge in [0.2, 0.25) is 5.91 Å². The van der Waals surface area contributed by atoms with Gasteiger partial charge in [-0.05, 0) is 55.8 Å². The predicted molar refractivity (Wildman–Crippen MR) is 135 cm³/mol. The molecular weight excluding hydrogens is 511 g/mol. The number of nitrogens with zero attached hydrogens (tertiary/aromatic N) is 1. The highest BCUT2D eigenvalue weighted by atomic mass is 32.2. The van der Waals surface area contributed by atoms with Crippen LogP contribution in [0.15, 0.2) is 53.4 Å². The smallest absolute Gasteiger partial charge is 0.348 e. The molecule has 0 spiro atoms. The van der Waals surface area contributed by atoms with Gasteiger partial charge in [0.25, 0.3) is 0 Å². The number of carbonyl (C=O) groups is 2. The molecule has 2 heterocycles. The lowest BCUT2D eigenvalue weighted by Gasteiger charge is -2.07. The molecule has 0 radical (unpaired) electrons. The average Bonchev–Trinajstić information content (AvgIpc) is 3.38. The van der Waals surface area contributed by atoms with E-state index in [1.54, 1.807) is 13.8 Å². The molecule has 0 saturated heterocycles. The van der Waals surface area contributed by atoms with Crippen LogP contribution in [-0.2, 0) is 19.4 Å². The highest BCUT2D eigenvalue weighted by Gasteiger charge is 2.26. The molecule has 0 bridgehead atoms. The van der Waals surface area contributed by atoms with Crippen molar-refractivity contribution in [3.05, 3.63) is 64.8 Å². The molecule has 0 saturated carbocycles. The Morgan fingerprint density at radius 2 is 1.80 bits per heavy atom. The van der Waals surface area contributed by atoms with E-state index in [1.807, 2.05) is 24.3 Å². The third kappa shape index (κ3) is 5.42. The summed E-state index contributed by atoms with van der Waals surface area (Å²) in [7, 11) is -3.78. The number of carbonyl (C=O) groups excluding carboxylic acids is 2. The van der Waals surface area contributed by atoms with Crippen molar-refractivity contribution in [2.75, 3.05) is 17.7 Å². The lowest BCUT2D eigenvalue weighted by Crippen LogP contribution is -2.17. The fourth-order valence-electron chi connectivity index (χ4n) is 3.41. The van der Waals surface area contributed by atoms with Crippen molar-refractivity contribution in [2.24, 2.45) is 0 Å². The fourth-order valence-corrected chi connectivity index (χ4v) is 6.90. The molecule has 0 aliphatic heterocycles. The lowest BCUT2D eigenvalue weighted by atomic mass is 10.1. The summed E-state index contributed by atoms with van der Waals surface area (Å²) >= 11 is 2.49. The summed E-state index contributed by atoms with van der Waals surface area (Å²) in [6, 6.07) is 12.0. The summed E-state index contributed by atoms with van der Waals surface area (Å²) in [5.41, 5.74) is 2.02. The van der Waals surface area contributed by atoms with E-state index < -0.39 is 33.3 Å². The van der Waals surface area contributed by atoms with Gasteiger partial charge in [-0.3, -0.25) is 4.79 Å². The highest BCUT2D eigenvalue weighted by Crippen LogP contribution is 2.43. The zero-order chi connectivity index (χ0) is 25.2. The van der Waals surface area contributed by atoms with Gasteiger partial charge in [-0.15, -0.1) is 22.7 Å². The van der Waals surface area contributed by atoms with E-state index in [4.69, 9.17) is 4.74 Å². The first kappa shape index (κ1) is 25.0. The summed E-state index contributed by atoms with van der Waals surface area (Å²) in [6.45, 7) is 3.67. The lowest BCUT2D eigenvalue weighted by molar-refractivity contribution is -0.115. The summed E-state index contributed by atoms with van der Waals surface area (Å²) in [4.78, 5) is 30.2. The molecule has 2 aromatic heterocycles. The number of anilines is 1. The number of amides is 1. The van der Waals surface area contributed by atoms with Gasteiger partial charge in [0.05, 0.1) is 27.5 Å². The number of ether oxygens (including phenoxy) is 1. The van der Waals surface area contributed by atoms with E-state index in [9.17, 15) is 22.4 Å². The maximum atomic E-state index is 13.1. The normalized spacial score (nSPS) is 11.5. The Hall–Kier alpha value is -3.15. The second-order valence-electron chi connectivity index (χ2n) is 7.54. The molecule has 2 aromatic carbocycles. The quantitative estimate of drug-likeness (QED) is 0.239. The number of thiazole rings is 1. The number of aromatic nitrogens is 1. The van der Waals surface area contributed by atoms with Crippen molar-refractivity contribution >= 4 is 59.6 Å². The molecule has 0 aliphatic rings. The Kier molecular flexibility index (Phi) is 7.29. The Bertz CT molecular complexity index is 1470. The number of halogens is 1. The molecule has 35 heavy (non-hydrogen) atoms. The Morgan fingerprint density at radius 3 is 2.49 bits per heavy atom. The van der Waals surface area contributed by atoms with E-state index in [-0.39, 0.29) is 17.9 Å². The standard InChI is InChI=1S/C24H21FN2O5S3/c1-3-32-24(29)21-14(2)20(22-26-17-6-4-5-7-18(17)33-22)23(34-21)27-19(28)12-13-35(30,31)16-10-8-15(25)9-11-16/h4-11H,3,12-13H2,1-2H3,(H,27,28). The fraction of sp³-hybridized carbons (Fsp3) is 0.208. The van der Waals surface area contributed by atoms with Crippen LogP contribution in [0.25, 0.3) is 20.8 Å². The number of rotatable bonds is 8.